The van der Waals surface area contributed by atoms with E-state index in [0.717, 1.165) is 19.3 Å². The highest BCUT2D eigenvalue weighted by atomic mass is 28.3. The monoisotopic (exact) mass is 340 g/mol. The summed E-state index contributed by atoms with van der Waals surface area (Å²) in [6, 6.07) is 21.3. The summed E-state index contributed by atoms with van der Waals surface area (Å²) in [4.78, 5) is 11.9. The minimum atomic E-state index is -1.73. The minimum Gasteiger partial charge on any atom is -0.469 e. The molecule has 0 heterocycles. The fourth-order valence-corrected chi connectivity index (χ4v) is 6.43. The van der Waals surface area contributed by atoms with Gasteiger partial charge in [0.05, 0.1) is 15.2 Å². The molecule has 0 aliphatic carbocycles. The molecule has 0 saturated carbocycles. The van der Waals surface area contributed by atoms with Crippen LogP contribution in [0, 0.1) is 0 Å². The Balaban J connectivity index is 2.07. The van der Waals surface area contributed by atoms with Crippen LogP contribution in [0.1, 0.15) is 24.8 Å². The van der Waals surface area contributed by atoms with Crippen molar-refractivity contribution in [3.63, 3.8) is 0 Å². The van der Waals surface area contributed by atoms with E-state index in [1.165, 1.54) is 17.9 Å². The van der Waals surface area contributed by atoms with E-state index in [1.54, 1.807) is 0 Å². The molecule has 0 unspecified atom stereocenters. The van der Waals surface area contributed by atoms with Crippen LogP contribution in [0.4, 0.5) is 0 Å². The van der Waals surface area contributed by atoms with Gasteiger partial charge in [-0.25, -0.2) is 0 Å². The summed E-state index contributed by atoms with van der Waals surface area (Å²) in [5, 5.41) is 1.42. The lowest BCUT2D eigenvalue weighted by Gasteiger charge is -2.32. The third kappa shape index (κ3) is 5.07. The Kier molecular flexibility index (Phi) is 6.80. The van der Waals surface area contributed by atoms with Crippen LogP contribution in [-0.2, 0) is 16.0 Å². The maximum absolute atomic E-state index is 11.9. The number of benzene rings is 2. The van der Waals surface area contributed by atoms with E-state index in [0.29, 0.717) is 12.0 Å². The van der Waals surface area contributed by atoms with Gasteiger partial charge in [-0.15, -0.1) is 0 Å². The number of methoxy groups -OCH3 is 1. The van der Waals surface area contributed by atoms with Crippen molar-refractivity contribution in [1.29, 1.82) is 0 Å². The molecule has 2 nitrogen and oxygen atoms in total. The van der Waals surface area contributed by atoms with Crippen molar-refractivity contribution in [2.75, 3.05) is 7.11 Å². The van der Waals surface area contributed by atoms with E-state index in [-0.39, 0.29) is 5.97 Å². The number of hydrogen-bond acceptors (Lipinski definition) is 2. The Bertz CT molecular complexity index is 623. The third-order valence-corrected chi connectivity index (χ3v) is 9.40. The van der Waals surface area contributed by atoms with Crippen molar-refractivity contribution in [1.82, 2.24) is 0 Å². The van der Waals surface area contributed by atoms with Crippen LogP contribution in [-0.4, -0.2) is 21.2 Å². The summed E-state index contributed by atoms with van der Waals surface area (Å²) in [6.07, 6.45) is 3.77. The SMILES string of the molecule is COC(=O)C[C@H](CCCc1ccccc1)[Si](C)(C)c1ccccc1. The summed E-state index contributed by atoms with van der Waals surface area (Å²) in [5.41, 5.74) is 1.77. The summed E-state index contributed by atoms with van der Waals surface area (Å²) in [7, 11) is -0.240. The van der Waals surface area contributed by atoms with Gasteiger partial charge in [-0.2, -0.15) is 0 Å². The molecule has 0 N–H and O–H groups in total. The zero-order chi connectivity index (χ0) is 17.4. The fourth-order valence-electron chi connectivity index (χ4n) is 3.30. The molecular weight excluding hydrogens is 312 g/mol. The van der Waals surface area contributed by atoms with Crippen molar-refractivity contribution < 1.29 is 9.53 Å². The summed E-state index contributed by atoms with van der Waals surface area (Å²) in [5.74, 6) is -0.0868. The highest BCUT2D eigenvalue weighted by Gasteiger charge is 2.34. The van der Waals surface area contributed by atoms with Crippen LogP contribution in [0.3, 0.4) is 0 Å². The van der Waals surface area contributed by atoms with Gasteiger partial charge in [0, 0.05) is 6.42 Å². The lowest BCUT2D eigenvalue weighted by molar-refractivity contribution is -0.140. The molecule has 24 heavy (non-hydrogen) atoms. The lowest BCUT2D eigenvalue weighted by atomic mass is 10.1. The van der Waals surface area contributed by atoms with Gasteiger partial charge in [-0.05, 0) is 23.9 Å². The zero-order valence-electron chi connectivity index (χ0n) is 15.0. The second-order valence-corrected chi connectivity index (χ2v) is 11.8. The highest BCUT2D eigenvalue weighted by Crippen LogP contribution is 2.31. The number of rotatable bonds is 8. The van der Waals surface area contributed by atoms with Gasteiger partial charge in [-0.1, -0.05) is 85.4 Å². The first-order valence-electron chi connectivity index (χ1n) is 8.70. The first-order chi connectivity index (χ1) is 11.5. The minimum absolute atomic E-state index is 0.0868. The molecule has 0 spiro atoms. The Labute approximate surface area is 146 Å². The predicted octanol–water partition coefficient (Wildman–Crippen LogP) is 4.56. The van der Waals surface area contributed by atoms with Crippen molar-refractivity contribution in [2.24, 2.45) is 0 Å². The molecule has 0 aromatic heterocycles. The number of esters is 1. The number of aryl methyl sites for hydroxylation is 1. The van der Waals surface area contributed by atoms with Crippen molar-refractivity contribution in [2.45, 2.75) is 44.3 Å². The maximum atomic E-state index is 11.9. The Morgan fingerprint density at radius 2 is 1.58 bits per heavy atom. The Morgan fingerprint density at radius 3 is 2.17 bits per heavy atom. The van der Waals surface area contributed by atoms with Gasteiger partial charge in [0.2, 0.25) is 0 Å². The molecule has 0 saturated heterocycles. The second kappa shape index (κ2) is 8.83. The van der Waals surface area contributed by atoms with E-state index in [2.05, 4.69) is 73.8 Å². The predicted molar refractivity (Wildman–Crippen MR) is 103 cm³/mol. The van der Waals surface area contributed by atoms with E-state index < -0.39 is 8.07 Å². The van der Waals surface area contributed by atoms with Crippen molar-refractivity contribution in [3.8, 4) is 0 Å². The van der Waals surface area contributed by atoms with Crippen LogP contribution >= 0.6 is 0 Å². The number of carbonyl (C=O) groups is 1. The van der Waals surface area contributed by atoms with Crippen LogP contribution < -0.4 is 5.19 Å². The molecule has 0 aliphatic rings. The lowest BCUT2D eigenvalue weighted by Crippen LogP contribution is -2.46. The average Bonchev–Trinajstić information content (AvgIpc) is 2.62. The van der Waals surface area contributed by atoms with Crippen LogP contribution in [0.25, 0.3) is 0 Å². The molecule has 3 heteroatoms. The van der Waals surface area contributed by atoms with Crippen LogP contribution in [0.5, 0.6) is 0 Å². The van der Waals surface area contributed by atoms with Gasteiger partial charge in [-0.3, -0.25) is 4.79 Å². The molecule has 1 atom stereocenters. The first-order valence-corrected chi connectivity index (χ1v) is 11.8. The molecule has 0 aliphatic heterocycles. The molecule has 2 rings (SSSR count). The third-order valence-electron chi connectivity index (χ3n) is 5.04. The average molecular weight is 341 g/mol. The van der Waals surface area contributed by atoms with Gasteiger partial charge >= 0.3 is 5.97 Å². The number of hydrogen-bond donors (Lipinski definition) is 0. The van der Waals surface area contributed by atoms with Crippen molar-refractivity contribution >= 4 is 19.2 Å². The van der Waals surface area contributed by atoms with E-state index in [4.69, 9.17) is 4.74 Å². The zero-order valence-corrected chi connectivity index (χ0v) is 16.0. The smallest absolute Gasteiger partial charge is 0.305 e. The first kappa shape index (κ1) is 18.5. The van der Waals surface area contributed by atoms with Gasteiger partial charge in [0.1, 0.15) is 0 Å². The molecule has 0 radical (unpaired) electrons. The van der Waals surface area contributed by atoms with E-state index >= 15 is 0 Å². The van der Waals surface area contributed by atoms with Crippen LogP contribution in [0.2, 0.25) is 18.6 Å². The van der Waals surface area contributed by atoms with Crippen LogP contribution in [0.15, 0.2) is 60.7 Å². The quantitative estimate of drug-likeness (QED) is 0.520. The molecule has 0 fully saturated rings. The normalized spacial score (nSPS) is 12.6. The molecule has 2 aromatic rings. The Hall–Kier alpha value is -1.87. The van der Waals surface area contributed by atoms with E-state index in [1.807, 2.05) is 0 Å². The summed E-state index contributed by atoms with van der Waals surface area (Å²) >= 11 is 0. The van der Waals surface area contributed by atoms with Gasteiger partial charge in [0.15, 0.2) is 0 Å². The molecule has 0 amide bonds. The number of ether oxygens (including phenoxy) is 1. The Morgan fingerprint density at radius 1 is 1.00 bits per heavy atom. The molecule has 128 valence electrons. The van der Waals surface area contributed by atoms with Gasteiger partial charge < -0.3 is 4.74 Å². The largest absolute Gasteiger partial charge is 0.469 e. The number of carbonyl (C=O) groups excluding carboxylic acids is 1. The summed E-state index contributed by atoms with van der Waals surface area (Å²) in [6.45, 7) is 4.75. The standard InChI is InChI=1S/C21H28O2Si/c1-23-21(22)17-20(16-10-13-18-11-6-4-7-12-18)24(2,3)19-14-8-5-9-15-19/h4-9,11-12,14-15,20H,10,13,16-17H2,1-3H3/t20-/m0/s1. The molecule has 0 bridgehead atoms. The van der Waals surface area contributed by atoms with Gasteiger partial charge in [0.25, 0.3) is 0 Å². The molecular formula is C21H28O2Si. The maximum Gasteiger partial charge on any atom is 0.305 e. The highest BCUT2D eigenvalue weighted by molar-refractivity contribution is 6.91. The van der Waals surface area contributed by atoms with Crippen molar-refractivity contribution in [3.05, 3.63) is 66.2 Å². The second-order valence-electron chi connectivity index (χ2n) is 6.94. The topological polar surface area (TPSA) is 26.3 Å². The van der Waals surface area contributed by atoms with E-state index in [9.17, 15) is 4.79 Å². The summed E-state index contributed by atoms with van der Waals surface area (Å²) < 4.78 is 4.96. The molecule has 2 aromatic carbocycles. The fraction of sp³-hybridized carbons (Fsp3) is 0.381.